The largest absolute Gasteiger partial charge is 0.307 e. The average Bonchev–Trinajstić information content (AvgIpc) is 3.52. The summed E-state index contributed by atoms with van der Waals surface area (Å²) in [6.07, 6.45) is 12.1. The fraction of sp³-hybridized carbons (Fsp3) is 0.517. The van der Waals surface area contributed by atoms with E-state index in [0.29, 0.717) is 41.1 Å². The summed E-state index contributed by atoms with van der Waals surface area (Å²) in [5, 5.41) is 0. The molecule has 7 heteroatoms. The quantitative estimate of drug-likeness (QED) is 0.511. The second kappa shape index (κ2) is 8.44. The van der Waals surface area contributed by atoms with Gasteiger partial charge in [-0.25, -0.2) is 8.42 Å². The second-order valence-electron chi connectivity index (χ2n) is 11.8. The van der Waals surface area contributed by atoms with E-state index >= 15 is 0 Å². The maximum absolute atomic E-state index is 13.9. The number of hydrogen-bond acceptors (Lipinski definition) is 4. The molecule has 1 aliphatic heterocycles. The van der Waals surface area contributed by atoms with Crippen LogP contribution in [0.3, 0.4) is 0 Å². The summed E-state index contributed by atoms with van der Waals surface area (Å²) in [4.78, 5) is 28.5. The highest BCUT2D eigenvalue weighted by molar-refractivity contribution is 7.92. The Kier molecular flexibility index (Phi) is 5.56. The number of ketones is 1. The van der Waals surface area contributed by atoms with Crippen LogP contribution in [0.4, 0.5) is 11.4 Å². The number of sulfonamides is 1. The van der Waals surface area contributed by atoms with Gasteiger partial charge in [0.2, 0.25) is 10.0 Å². The SMILES string of the molecule is CS(=O)(=O)Nc1ccc2c(c1)C1(CCC3(CC3)CC1)CN2C(=O)c1cccc(C(=O)CC2CCC2)c1. The maximum Gasteiger partial charge on any atom is 0.258 e. The molecule has 0 saturated heterocycles. The van der Waals surface area contributed by atoms with Crippen molar-refractivity contribution in [1.82, 2.24) is 0 Å². The number of rotatable bonds is 6. The molecule has 3 fully saturated rings. The summed E-state index contributed by atoms with van der Waals surface area (Å²) in [7, 11) is -3.40. The molecule has 0 aromatic heterocycles. The third-order valence-corrected chi connectivity index (χ3v) is 9.83. The lowest BCUT2D eigenvalue weighted by Gasteiger charge is -2.38. The summed E-state index contributed by atoms with van der Waals surface area (Å²) in [6.45, 7) is 0.597. The Hall–Kier alpha value is -2.67. The van der Waals surface area contributed by atoms with Gasteiger partial charge in [-0.1, -0.05) is 31.4 Å². The Labute approximate surface area is 213 Å². The Balaban J connectivity index is 1.31. The number of benzene rings is 2. The molecule has 6 rings (SSSR count). The zero-order chi connectivity index (χ0) is 25.1. The number of amides is 1. The van der Waals surface area contributed by atoms with Crippen molar-refractivity contribution in [3.63, 3.8) is 0 Å². The van der Waals surface area contributed by atoms with Gasteiger partial charge in [-0.05, 0) is 85.8 Å². The van der Waals surface area contributed by atoms with Crippen molar-refractivity contribution in [3.8, 4) is 0 Å². The van der Waals surface area contributed by atoms with Crippen molar-refractivity contribution < 1.29 is 18.0 Å². The molecule has 6 nitrogen and oxygen atoms in total. The first-order chi connectivity index (χ1) is 17.2. The molecular formula is C29H34N2O4S. The lowest BCUT2D eigenvalue weighted by atomic mass is 9.66. The number of carbonyl (C=O) groups excluding carboxylic acids is 2. The van der Waals surface area contributed by atoms with Gasteiger partial charge in [0.05, 0.1) is 6.26 Å². The molecule has 36 heavy (non-hydrogen) atoms. The number of fused-ring (bicyclic) bond motifs is 2. The maximum atomic E-state index is 13.9. The highest BCUT2D eigenvalue weighted by Gasteiger charge is 2.53. The van der Waals surface area contributed by atoms with Gasteiger partial charge in [-0.15, -0.1) is 0 Å². The zero-order valence-corrected chi connectivity index (χ0v) is 21.7. The van der Waals surface area contributed by atoms with E-state index in [9.17, 15) is 18.0 Å². The minimum Gasteiger partial charge on any atom is -0.307 e. The van der Waals surface area contributed by atoms with E-state index < -0.39 is 10.0 Å². The lowest BCUT2D eigenvalue weighted by Crippen LogP contribution is -2.40. The Morgan fingerprint density at radius 1 is 0.972 bits per heavy atom. The second-order valence-corrected chi connectivity index (χ2v) is 13.5. The first-order valence-corrected chi connectivity index (χ1v) is 15.1. The predicted octanol–water partition coefficient (Wildman–Crippen LogP) is 5.68. The summed E-state index contributed by atoms with van der Waals surface area (Å²) in [6, 6.07) is 12.7. The molecule has 0 unspecified atom stereocenters. The zero-order valence-electron chi connectivity index (χ0n) is 20.9. The number of Topliss-reactive ketones (excluding diaryl/α,β-unsaturated/α-hetero) is 1. The monoisotopic (exact) mass is 506 g/mol. The molecule has 2 aromatic carbocycles. The summed E-state index contributed by atoms with van der Waals surface area (Å²) in [5.41, 5.74) is 3.95. The van der Waals surface area contributed by atoms with Crippen molar-refractivity contribution in [2.24, 2.45) is 11.3 Å². The van der Waals surface area contributed by atoms with Crippen molar-refractivity contribution in [2.75, 3.05) is 22.4 Å². The number of hydrogen-bond donors (Lipinski definition) is 1. The van der Waals surface area contributed by atoms with Crippen molar-refractivity contribution >= 4 is 33.1 Å². The topological polar surface area (TPSA) is 83.6 Å². The molecule has 0 atom stereocenters. The van der Waals surface area contributed by atoms with E-state index in [1.54, 1.807) is 18.2 Å². The van der Waals surface area contributed by atoms with Gasteiger partial charge in [0.25, 0.3) is 5.91 Å². The van der Waals surface area contributed by atoms with Crippen LogP contribution >= 0.6 is 0 Å². The van der Waals surface area contributed by atoms with Gasteiger partial charge in [0, 0.05) is 40.9 Å². The molecule has 4 aliphatic rings. The molecule has 3 saturated carbocycles. The Morgan fingerprint density at radius 2 is 1.67 bits per heavy atom. The van der Waals surface area contributed by atoms with Crippen molar-refractivity contribution in [3.05, 3.63) is 59.2 Å². The van der Waals surface area contributed by atoms with Crippen LogP contribution in [0.25, 0.3) is 0 Å². The number of anilines is 2. The van der Waals surface area contributed by atoms with Crippen LogP contribution in [0.1, 0.15) is 90.5 Å². The standard InChI is InChI=1S/C29H34N2O4S/c1-36(34,35)30-23-8-9-25-24(18-23)29(14-12-28(10-11-28)13-15-29)19-31(25)27(33)22-7-3-6-21(17-22)26(32)16-20-4-2-5-20/h3,6-9,17-18,20,30H,2,4-5,10-16,19H2,1H3. The van der Waals surface area contributed by atoms with E-state index in [1.165, 1.54) is 19.3 Å². The fourth-order valence-corrected chi connectivity index (χ4v) is 7.10. The van der Waals surface area contributed by atoms with Crippen LogP contribution in [-0.4, -0.2) is 32.9 Å². The van der Waals surface area contributed by atoms with Gasteiger partial charge in [0.15, 0.2) is 5.78 Å². The minimum absolute atomic E-state index is 0.0954. The molecule has 3 aliphatic carbocycles. The summed E-state index contributed by atoms with van der Waals surface area (Å²) in [5.74, 6) is 0.506. The van der Waals surface area contributed by atoms with Crippen molar-refractivity contribution in [1.29, 1.82) is 0 Å². The molecule has 2 spiro atoms. The molecule has 190 valence electrons. The van der Waals surface area contributed by atoms with Crippen molar-refractivity contribution in [2.45, 2.75) is 69.6 Å². The average molecular weight is 507 g/mol. The van der Waals surface area contributed by atoms with Gasteiger partial charge >= 0.3 is 0 Å². The van der Waals surface area contributed by atoms with Gasteiger partial charge in [-0.2, -0.15) is 0 Å². The van der Waals surface area contributed by atoms with E-state index in [4.69, 9.17) is 0 Å². The summed E-state index contributed by atoms with van der Waals surface area (Å²) < 4.78 is 26.4. The molecule has 1 amide bonds. The predicted molar refractivity (Wildman–Crippen MR) is 141 cm³/mol. The Morgan fingerprint density at radius 3 is 2.31 bits per heavy atom. The van der Waals surface area contributed by atoms with E-state index in [1.807, 2.05) is 29.2 Å². The van der Waals surface area contributed by atoms with E-state index in [0.717, 1.165) is 56.0 Å². The van der Waals surface area contributed by atoms with E-state index in [2.05, 4.69) is 4.72 Å². The lowest BCUT2D eigenvalue weighted by molar-refractivity contribution is 0.0936. The van der Waals surface area contributed by atoms with Crippen LogP contribution in [-0.2, 0) is 15.4 Å². The van der Waals surface area contributed by atoms with Gasteiger partial charge in [0.1, 0.15) is 0 Å². The fourth-order valence-electron chi connectivity index (χ4n) is 6.55. The smallest absolute Gasteiger partial charge is 0.258 e. The molecular weight excluding hydrogens is 472 g/mol. The molecule has 2 aromatic rings. The minimum atomic E-state index is -3.40. The number of nitrogens with one attached hydrogen (secondary N) is 1. The van der Waals surface area contributed by atoms with E-state index in [-0.39, 0.29) is 17.1 Å². The third-order valence-electron chi connectivity index (χ3n) is 9.22. The van der Waals surface area contributed by atoms with Gasteiger partial charge in [-0.3, -0.25) is 14.3 Å². The third kappa shape index (κ3) is 4.36. The molecule has 0 radical (unpaired) electrons. The highest BCUT2D eigenvalue weighted by atomic mass is 32.2. The number of carbonyl (C=O) groups is 2. The van der Waals surface area contributed by atoms with Crippen LogP contribution in [0.5, 0.6) is 0 Å². The molecule has 1 N–H and O–H groups in total. The number of nitrogens with zero attached hydrogens (tertiary/aromatic N) is 1. The van der Waals surface area contributed by atoms with Crippen LogP contribution in [0.15, 0.2) is 42.5 Å². The highest BCUT2D eigenvalue weighted by Crippen LogP contribution is 2.62. The first-order valence-electron chi connectivity index (χ1n) is 13.2. The molecule has 1 heterocycles. The Bertz CT molecular complexity index is 1330. The normalized spacial score (nSPS) is 21.8. The molecule has 0 bridgehead atoms. The first kappa shape index (κ1) is 23.7. The van der Waals surface area contributed by atoms with Crippen LogP contribution < -0.4 is 9.62 Å². The van der Waals surface area contributed by atoms with Gasteiger partial charge < -0.3 is 4.90 Å². The van der Waals surface area contributed by atoms with Crippen LogP contribution in [0.2, 0.25) is 0 Å². The van der Waals surface area contributed by atoms with Crippen LogP contribution in [0, 0.1) is 11.3 Å². The summed E-state index contributed by atoms with van der Waals surface area (Å²) >= 11 is 0.